The van der Waals surface area contributed by atoms with Gasteiger partial charge in [0, 0.05) is 9.61 Å². The fraction of sp³-hybridized carbons (Fsp3) is 0.571. The highest BCUT2D eigenvalue weighted by atomic mass is 127. The third-order valence-corrected chi connectivity index (χ3v) is 5.74. The van der Waals surface area contributed by atoms with E-state index in [1.54, 1.807) is 0 Å². The second-order valence-corrected chi connectivity index (χ2v) is 7.14. The number of fused-ring (bicyclic) bond motifs is 5. The van der Waals surface area contributed by atoms with Crippen LogP contribution in [0.4, 0.5) is 11.4 Å². The van der Waals surface area contributed by atoms with Crippen molar-refractivity contribution >= 4 is 34.0 Å². The minimum Gasteiger partial charge on any atom is -0.397 e. The lowest BCUT2D eigenvalue weighted by Gasteiger charge is -2.13. The molecule has 4 unspecified atom stereocenters. The number of hydrogen-bond donors (Lipinski definition) is 2. The minimum absolute atomic E-state index is 0.726. The van der Waals surface area contributed by atoms with E-state index in [-0.39, 0.29) is 0 Å². The number of nitrogens with one attached hydrogen (secondary N) is 1. The molecule has 0 amide bonds. The molecule has 3 heteroatoms. The van der Waals surface area contributed by atoms with Crippen molar-refractivity contribution < 1.29 is 0 Å². The normalized spacial score (nSPS) is 41.4. The van der Waals surface area contributed by atoms with Crippen molar-refractivity contribution in [2.75, 3.05) is 11.1 Å². The summed E-state index contributed by atoms with van der Waals surface area (Å²) in [6.45, 7) is 0. The maximum Gasteiger partial charge on any atom is 0.0577 e. The first-order valence-corrected chi connectivity index (χ1v) is 7.63. The van der Waals surface area contributed by atoms with Gasteiger partial charge < -0.3 is 11.1 Å². The van der Waals surface area contributed by atoms with Crippen LogP contribution in [0.25, 0.3) is 0 Å². The average molecular weight is 340 g/mol. The van der Waals surface area contributed by atoms with Gasteiger partial charge in [-0.15, -0.1) is 0 Å². The molecule has 1 aromatic rings. The molecule has 3 aliphatic rings. The van der Waals surface area contributed by atoms with E-state index in [4.69, 9.17) is 5.73 Å². The van der Waals surface area contributed by atoms with Gasteiger partial charge in [-0.1, -0.05) is 0 Å². The Hall–Kier alpha value is -0.450. The zero-order valence-corrected chi connectivity index (χ0v) is 11.9. The highest BCUT2D eigenvalue weighted by Gasteiger charge is 2.65. The van der Waals surface area contributed by atoms with E-state index in [1.165, 1.54) is 22.8 Å². The molecule has 4 rings (SSSR count). The van der Waals surface area contributed by atoms with Gasteiger partial charge in [0.1, 0.15) is 0 Å². The molecule has 0 aromatic heterocycles. The topological polar surface area (TPSA) is 38.0 Å². The molecule has 0 spiro atoms. The minimum atomic E-state index is 0.726. The Morgan fingerprint density at radius 3 is 2.53 bits per heavy atom. The van der Waals surface area contributed by atoms with Gasteiger partial charge in [-0.2, -0.15) is 0 Å². The van der Waals surface area contributed by atoms with E-state index in [0.29, 0.717) is 0 Å². The van der Waals surface area contributed by atoms with E-state index < -0.39 is 0 Å². The molecule has 3 N–H and O–H groups in total. The molecule has 0 radical (unpaired) electrons. The molecule has 3 fully saturated rings. The van der Waals surface area contributed by atoms with Gasteiger partial charge in [0.2, 0.25) is 0 Å². The third kappa shape index (κ3) is 1.51. The lowest BCUT2D eigenvalue weighted by atomic mass is 10.0. The Morgan fingerprint density at radius 2 is 1.88 bits per heavy atom. The summed E-state index contributed by atoms with van der Waals surface area (Å²) < 4.78 is 1.21. The number of benzene rings is 1. The summed E-state index contributed by atoms with van der Waals surface area (Å²) >= 11 is 2.31. The van der Waals surface area contributed by atoms with Gasteiger partial charge in [-0.05, 0) is 83.7 Å². The Labute approximate surface area is 115 Å². The lowest BCUT2D eigenvalue weighted by molar-refractivity contribution is 0.456. The van der Waals surface area contributed by atoms with Crippen molar-refractivity contribution in [1.82, 2.24) is 0 Å². The Balaban J connectivity index is 1.52. The number of hydrogen-bond acceptors (Lipinski definition) is 2. The summed E-state index contributed by atoms with van der Waals surface area (Å²) in [5, 5.41) is 3.69. The van der Waals surface area contributed by atoms with Gasteiger partial charge in [-0.3, -0.25) is 0 Å². The van der Waals surface area contributed by atoms with Crippen molar-refractivity contribution in [1.29, 1.82) is 0 Å². The third-order valence-electron chi connectivity index (χ3n) is 5.07. The number of anilines is 2. The van der Waals surface area contributed by atoms with Crippen LogP contribution < -0.4 is 11.1 Å². The summed E-state index contributed by atoms with van der Waals surface area (Å²) in [7, 11) is 0. The van der Waals surface area contributed by atoms with Crippen molar-refractivity contribution in [2.24, 2.45) is 23.7 Å². The summed E-state index contributed by atoms with van der Waals surface area (Å²) in [6.07, 6.45) is 4.47. The van der Waals surface area contributed by atoms with Crippen LogP contribution in [-0.2, 0) is 0 Å². The Morgan fingerprint density at radius 1 is 1.18 bits per heavy atom. The van der Waals surface area contributed by atoms with E-state index in [0.717, 1.165) is 41.1 Å². The molecule has 2 nitrogen and oxygen atoms in total. The molecule has 3 saturated carbocycles. The summed E-state index contributed by atoms with van der Waals surface area (Å²) in [5.41, 5.74) is 8.11. The quantitative estimate of drug-likeness (QED) is 0.640. The smallest absolute Gasteiger partial charge is 0.0577 e. The zero-order valence-electron chi connectivity index (χ0n) is 9.70. The fourth-order valence-corrected chi connectivity index (χ4v) is 4.88. The number of halogens is 1. The fourth-order valence-electron chi connectivity index (χ4n) is 4.36. The molecule has 3 aliphatic carbocycles. The molecule has 1 aromatic carbocycles. The van der Waals surface area contributed by atoms with Crippen LogP contribution in [0.5, 0.6) is 0 Å². The highest BCUT2D eigenvalue weighted by molar-refractivity contribution is 14.1. The van der Waals surface area contributed by atoms with Crippen LogP contribution in [0.15, 0.2) is 18.2 Å². The van der Waals surface area contributed by atoms with Crippen LogP contribution in [0.2, 0.25) is 0 Å². The van der Waals surface area contributed by atoms with Crippen molar-refractivity contribution in [3.05, 3.63) is 21.8 Å². The van der Waals surface area contributed by atoms with Gasteiger partial charge in [0.05, 0.1) is 11.4 Å². The lowest BCUT2D eigenvalue weighted by Crippen LogP contribution is -2.13. The molecular formula is C14H17IN2. The number of nitrogens with two attached hydrogens (primary N) is 1. The van der Waals surface area contributed by atoms with Crippen LogP contribution in [0.3, 0.4) is 0 Å². The first-order valence-electron chi connectivity index (χ1n) is 6.55. The number of nitrogen functional groups attached to an aromatic ring is 1. The first-order chi connectivity index (χ1) is 8.24. The Bertz CT molecular complexity index is 457. The monoisotopic (exact) mass is 340 g/mol. The Kier molecular flexibility index (Phi) is 2.17. The van der Waals surface area contributed by atoms with Crippen LogP contribution in [0, 0.1) is 27.2 Å². The maximum atomic E-state index is 6.07. The predicted molar refractivity (Wildman–Crippen MR) is 78.8 cm³/mol. The first kappa shape index (κ1) is 10.5. The van der Waals surface area contributed by atoms with Crippen LogP contribution >= 0.6 is 22.6 Å². The van der Waals surface area contributed by atoms with E-state index >= 15 is 0 Å². The van der Waals surface area contributed by atoms with E-state index in [9.17, 15) is 0 Å². The predicted octanol–water partition coefficient (Wildman–Crippen LogP) is 3.33. The molecule has 4 atom stereocenters. The molecule has 0 aliphatic heterocycles. The largest absolute Gasteiger partial charge is 0.397 e. The second kappa shape index (κ2) is 3.53. The van der Waals surface area contributed by atoms with Gasteiger partial charge in [0.15, 0.2) is 0 Å². The van der Waals surface area contributed by atoms with Gasteiger partial charge in [0.25, 0.3) is 0 Å². The zero-order chi connectivity index (χ0) is 11.6. The van der Waals surface area contributed by atoms with Gasteiger partial charge >= 0.3 is 0 Å². The molecule has 0 heterocycles. The van der Waals surface area contributed by atoms with Crippen LogP contribution in [-0.4, -0.2) is 6.04 Å². The summed E-state index contributed by atoms with van der Waals surface area (Å²) in [6, 6.07) is 7.04. The molecule has 90 valence electrons. The van der Waals surface area contributed by atoms with Crippen molar-refractivity contribution in [2.45, 2.75) is 25.3 Å². The SMILES string of the molecule is Nc1cc(I)ccc1NC1C2C3CCC(C3)C12. The second-order valence-electron chi connectivity index (χ2n) is 5.89. The standard InChI is InChI=1S/C14H17IN2/c15-9-3-4-11(10(16)6-9)17-14-12-7-1-2-8(5-7)13(12)14/h3-4,6-8,12-14,17H,1-2,5,16H2. The maximum absolute atomic E-state index is 6.07. The van der Waals surface area contributed by atoms with E-state index in [1.807, 2.05) is 0 Å². The highest BCUT2D eigenvalue weighted by Crippen LogP contribution is 2.66. The number of rotatable bonds is 2. The molecule has 17 heavy (non-hydrogen) atoms. The molecule has 2 bridgehead atoms. The van der Waals surface area contributed by atoms with Crippen molar-refractivity contribution in [3.63, 3.8) is 0 Å². The van der Waals surface area contributed by atoms with Gasteiger partial charge in [-0.25, -0.2) is 0 Å². The molecular weight excluding hydrogens is 323 g/mol. The van der Waals surface area contributed by atoms with Crippen molar-refractivity contribution in [3.8, 4) is 0 Å². The summed E-state index contributed by atoms with van der Waals surface area (Å²) in [5.74, 6) is 3.97. The van der Waals surface area contributed by atoms with Crippen LogP contribution in [0.1, 0.15) is 19.3 Å². The summed E-state index contributed by atoms with van der Waals surface area (Å²) in [4.78, 5) is 0. The molecule has 0 saturated heterocycles. The average Bonchev–Trinajstić information content (AvgIpc) is 2.70. The van der Waals surface area contributed by atoms with E-state index in [2.05, 4.69) is 46.1 Å².